The Kier molecular flexibility index (Phi) is 5.24. The van der Waals surface area contributed by atoms with E-state index in [1.165, 1.54) is 11.1 Å². The molecule has 3 nitrogen and oxygen atoms in total. The summed E-state index contributed by atoms with van der Waals surface area (Å²) >= 11 is 0. The van der Waals surface area contributed by atoms with Crippen LogP contribution in [0.4, 0.5) is 4.39 Å². The molecular formula is C16H18FNO2. The van der Waals surface area contributed by atoms with E-state index in [4.69, 9.17) is 4.84 Å². The Bertz CT molecular complexity index is 533. The predicted octanol–water partition coefficient (Wildman–Crippen LogP) is 2.92. The lowest BCUT2D eigenvalue weighted by atomic mass is 10.1. The molecule has 0 bridgehead atoms. The fraction of sp³-hybridized carbons (Fsp3) is 0.250. The highest BCUT2D eigenvalue weighted by Crippen LogP contribution is 2.17. The Hall–Kier alpha value is -1.75. The van der Waals surface area contributed by atoms with E-state index in [1.54, 1.807) is 25.2 Å². The van der Waals surface area contributed by atoms with E-state index in [0.29, 0.717) is 6.61 Å². The molecule has 0 aliphatic rings. The van der Waals surface area contributed by atoms with Gasteiger partial charge in [0.15, 0.2) is 0 Å². The van der Waals surface area contributed by atoms with Gasteiger partial charge in [0, 0.05) is 12.6 Å². The first kappa shape index (κ1) is 14.7. The average Bonchev–Trinajstić information content (AvgIpc) is 2.46. The number of likely N-dealkylation sites (N-methyl/N-ethyl adjacent to an activating group) is 1. The summed E-state index contributed by atoms with van der Waals surface area (Å²) in [5.41, 5.74) is 1.32. The number of hydroxylamine groups is 2. The van der Waals surface area contributed by atoms with Gasteiger partial charge in [-0.05, 0) is 11.6 Å². The monoisotopic (exact) mass is 275 g/mol. The van der Waals surface area contributed by atoms with Crippen LogP contribution >= 0.6 is 0 Å². The van der Waals surface area contributed by atoms with Crippen LogP contribution in [0.2, 0.25) is 0 Å². The summed E-state index contributed by atoms with van der Waals surface area (Å²) in [7, 11) is 1.72. The molecule has 0 saturated carbocycles. The summed E-state index contributed by atoms with van der Waals surface area (Å²) in [6.45, 7) is 0.620. The smallest absolute Gasteiger partial charge is 0.129 e. The molecule has 0 radical (unpaired) electrons. The molecule has 0 aromatic heterocycles. The molecule has 0 aliphatic heterocycles. The van der Waals surface area contributed by atoms with E-state index in [-0.39, 0.29) is 12.1 Å². The van der Waals surface area contributed by atoms with E-state index >= 15 is 0 Å². The second kappa shape index (κ2) is 7.14. The minimum atomic E-state index is -0.919. The number of aliphatic hydroxyl groups is 1. The van der Waals surface area contributed by atoms with Gasteiger partial charge in [0.1, 0.15) is 5.82 Å². The normalized spacial score (nSPS) is 12.6. The van der Waals surface area contributed by atoms with E-state index in [9.17, 15) is 9.50 Å². The van der Waals surface area contributed by atoms with Gasteiger partial charge in [-0.3, -0.25) is 4.84 Å². The van der Waals surface area contributed by atoms with Crippen LogP contribution in [0.15, 0.2) is 54.6 Å². The van der Waals surface area contributed by atoms with Crippen LogP contribution in [0.1, 0.15) is 17.2 Å². The van der Waals surface area contributed by atoms with Crippen molar-refractivity contribution in [3.63, 3.8) is 0 Å². The Morgan fingerprint density at radius 2 is 1.75 bits per heavy atom. The quantitative estimate of drug-likeness (QED) is 0.823. The second-order valence-corrected chi connectivity index (χ2v) is 4.61. The zero-order valence-electron chi connectivity index (χ0n) is 11.4. The standard InChI is InChI=1S/C16H18FNO2/c1-18(20-12-13-7-3-2-4-8-13)11-16(19)14-9-5-6-10-15(14)17/h2-10,16,19H,11-12H2,1H3. The number of halogens is 1. The summed E-state index contributed by atoms with van der Waals surface area (Å²) in [4.78, 5) is 5.51. The van der Waals surface area contributed by atoms with Crippen molar-refractivity contribution in [2.24, 2.45) is 0 Å². The maximum atomic E-state index is 13.5. The van der Waals surface area contributed by atoms with Crippen molar-refractivity contribution in [3.8, 4) is 0 Å². The van der Waals surface area contributed by atoms with Crippen molar-refractivity contribution < 1.29 is 14.3 Å². The zero-order valence-corrected chi connectivity index (χ0v) is 11.4. The minimum absolute atomic E-state index is 0.202. The SMILES string of the molecule is CN(CC(O)c1ccccc1F)OCc1ccccc1. The van der Waals surface area contributed by atoms with E-state index in [0.717, 1.165) is 5.56 Å². The molecule has 4 heteroatoms. The molecule has 2 aromatic carbocycles. The number of hydrogen-bond acceptors (Lipinski definition) is 3. The lowest BCUT2D eigenvalue weighted by Crippen LogP contribution is -2.25. The maximum Gasteiger partial charge on any atom is 0.129 e. The first-order valence-electron chi connectivity index (χ1n) is 6.47. The van der Waals surface area contributed by atoms with Crippen LogP contribution in [0, 0.1) is 5.82 Å². The van der Waals surface area contributed by atoms with Crippen molar-refractivity contribution in [2.45, 2.75) is 12.7 Å². The second-order valence-electron chi connectivity index (χ2n) is 4.61. The summed E-state index contributed by atoms with van der Waals surface area (Å²) in [6, 6.07) is 15.9. The van der Waals surface area contributed by atoms with Gasteiger partial charge >= 0.3 is 0 Å². The molecular weight excluding hydrogens is 257 g/mol. The highest BCUT2D eigenvalue weighted by atomic mass is 19.1. The molecule has 0 amide bonds. The largest absolute Gasteiger partial charge is 0.387 e. The van der Waals surface area contributed by atoms with Crippen LogP contribution in [-0.2, 0) is 11.4 Å². The summed E-state index contributed by atoms with van der Waals surface area (Å²) in [5.74, 6) is -0.406. The van der Waals surface area contributed by atoms with E-state index in [1.807, 2.05) is 30.3 Å². The average molecular weight is 275 g/mol. The lowest BCUT2D eigenvalue weighted by Gasteiger charge is -2.20. The Balaban J connectivity index is 1.85. The van der Waals surface area contributed by atoms with Gasteiger partial charge in [0.25, 0.3) is 0 Å². The van der Waals surface area contributed by atoms with Gasteiger partial charge in [0.2, 0.25) is 0 Å². The topological polar surface area (TPSA) is 32.7 Å². The number of benzene rings is 2. The van der Waals surface area contributed by atoms with E-state index in [2.05, 4.69) is 0 Å². The van der Waals surface area contributed by atoms with Crippen LogP contribution < -0.4 is 0 Å². The fourth-order valence-electron chi connectivity index (χ4n) is 1.90. The fourth-order valence-corrected chi connectivity index (χ4v) is 1.90. The molecule has 1 atom stereocenters. The molecule has 1 unspecified atom stereocenters. The number of hydrogen-bond donors (Lipinski definition) is 1. The minimum Gasteiger partial charge on any atom is -0.387 e. The first-order valence-corrected chi connectivity index (χ1v) is 6.47. The van der Waals surface area contributed by atoms with Crippen LogP contribution in [0.5, 0.6) is 0 Å². The summed E-state index contributed by atoms with van der Waals surface area (Å²) in [6.07, 6.45) is -0.919. The molecule has 0 spiro atoms. The molecule has 106 valence electrons. The first-order chi connectivity index (χ1) is 9.66. The third-order valence-corrected chi connectivity index (χ3v) is 2.99. The summed E-state index contributed by atoms with van der Waals surface area (Å²) < 4.78 is 13.5. The number of aliphatic hydroxyl groups excluding tert-OH is 1. The van der Waals surface area contributed by atoms with Gasteiger partial charge in [0.05, 0.1) is 19.3 Å². The summed E-state index contributed by atoms with van der Waals surface area (Å²) in [5, 5.41) is 11.5. The molecule has 2 aromatic rings. The van der Waals surface area contributed by atoms with Crippen molar-refractivity contribution in [2.75, 3.05) is 13.6 Å². The van der Waals surface area contributed by atoms with E-state index < -0.39 is 11.9 Å². The molecule has 0 aliphatic carbocycles. The molecule has 2 rings (SSSR count). The van der Waals surface area contributed by atoms with Gasteiger partial charge in [-0.25, -0.2) is 4.39 Å². The van der Waals surface area contributed by atoms with Gasteiger partial charge in [-0.1, -0.05) is 48.5 Å². The number of rotatable bonds is 6. The molecule has 20 heavy (non-hydrogen) atoms. The van der Waals surface area contributed by atoms with Gasteiger partial charge < -0.3 is 5.11 Å². The van der Waals surface area contributed by atoms with Crippen LogP contribution in [0.3, 0.4) is 0 Å². The highest BCUT2D eigenvalue weighted by Gasteiger charge is 2.14. The molecule has 1 N–H and O–H groups in total. The third kappa shape index (κ3) is 4.13. The van der Waals surface area contributed by atoms with Crippen molar-refractivity contribution in [1.82, 2.24) is 5.06 Å². The number of nitrogens with zero attached hydrogens (tertiary/aromatic N) is 1. The van der Waals surface area contributed by atoms with Crippen molar-refractivity contribution >= 4 is 0 Å². The zero-order chi connectivity index (χ0) is 14.4. The van der Waals surface area contributed by atoms with Crippen LogP contribution in [0.25, 0.3) is 0 Å². The molecule has 0 saturated heterocycles. The Labute approximate surface area is 118 Å². The van der Waals surface area contributed by atoms with Crippen LogP contribution in [-0.4, -0.2) is 23.8 Å². The van der Waals surface area contributed by atoms with Gasteiger partial charge in [-0.15, -0.1) is 0 Å². The maximum absolute atomic E-state index is 13.5. The highest BCUT2D eigenvalue weighted by molar-refractivity contribution is 5.20. The van der Waals surface area contributed by atoms with Crippen molar-refractivity contribution in [1.29, 1.82) is 0 Å². The molecule has 0 fully saturated rings. The Morgan fingerprint density at radius 3 is 2.45 bits per heavy atom. The van der Waals surface area contributed by atoms with Crippen molar-refractivity contribution in [3.05, 3.63) is 71.5 Å². The Morgan fingerprint density at radius 1 is 1.10 bits per heavy atom. The third-order valence-electron chi connectivity index (χ3n) is 2.99. The molecule has 0 heterocycles. The lowest BCUT2D eigenvalue weighted by molar-refractivity contribution is -0.165. The van der Waals surface area contributed by atoms with Gasteiger partial charge in [-0.2, -0.15) is 5.06 Å². The predicted molar refractivity (Wildman–Crippen MR) is 75.2 cm³/mol.